The van der Waals surface area contributed by atoms with Gasteiger partial charge >= 0.3 is 6.18 Å². The lowest BCUT2D eigenvalue weighted by Gasteiger charge is -2.31. The molecule has 2 atom stereocenters. The molecule has 22 heavy (non-hydrogen) atoms. The molecule has 1 fully saturated rings. The molecule has 1 aliphatic carbocycles. The van der Waals surface area contributed by atoms with Crippen molar-refractivity contribution in [2.45, 2.75) is 44.4 Å². The van der Waals surface area contributed by atoms with Gasteiger partial charge in [0.1, 0.15) is 0 Å². The maximum absolute atomic E-state index is 12.7. The average molecular weight is 338 g/mol. The minimum Gasteiger partial charge on any atom is -0.349 e. The van der Waals surface area contributed by atoms with Gasteiger partial charge in [-0.15, -0.1) is 12.4 Å². The number of carbonyl (C=O) groups excluding carboxylic acids is 1. The van der Waals surface area contributed by atoms with Gasteiger partial charge in [0.2, 0.25) is 0 Å². The summed E-state index contributed by atoms with van der Waals surface area (Å²) in [6.45, 7) is 0.209. The molecule has 1 aliphatic rings. The maximum atomic E-state index is 12.7. The van der Waals surface area contributed by atoms with Crippen molar-refractivity contribution >= 4 is 18.3 Å². The van der Waals surface area contributed by atoms with Crippen LogP contribution in [-0.4, -0.2) is 23.1 Å². The van der Waals surface area contributed by atoms with E-state index in [1.165, 1.54) is 12.3 Å². The van der Waals surface area contributed by atoms with E-state index in [-0.39, 0.29) is 37.7 Å². The molecule has 0 bridgehead atoms. The zero-order valence-corrected chi connectivity index (χ0v) is 12.7. The Hall–Kier alpha value is -1.34. The quantitative estimate of drug-likeness (QED) is 0.891. The second-order valence-corrected chi connectivity index (χ2v) is 5.32. The van der Waals surface area contributed by atoms with E-state index in [4.69, 9.17) is 5.73 Å². The van der Waals surface area contributed by atoms with Crippen LogP contribution in [0.3, 0.4) is 0 Å². The van der Waals surface area contributed by atoms with Crippen LogP contribution in [0, 0.1) is 5.92 Å². The second kappa shape index (κ2) is 7.78. The third-order valence-corrected chi connectivity index (χ3v) is 3.76. The first kappa shape index (κ1) is 18.7. The third-order valence-electron chi connectivity index (χ3n) is 3.76. The van der Waals surface area contributed by atoms with E-state index in [1.54, 1.807) is 6.07 Å². The van der Waals surface area contributed by atoms with E-state index >= 15 is 0 Å². The van der Waals surface area contributed by atoms with Gasteiger partial charge in [-0.1, -0.05) is 6.42 Å². The summed E-state index contributed by atoms with van der Waals surface area (Å²) in [5.74, 6) is -1.70. The summed E-state index contributed by atoms with van der Waals surface area (Å²) in [5.41, 5.74) is 6.39. The fraction of sp³-hybridized carbons (Fsp3) is 0.571. The minimum atomic E-state index is -4.19. The summed E-state index contributed by atoms with van der Waals surface area (Å²) >= 11 is 0. The fourth-order valence-corrected chi connectivity index (χ4v) is 2.62. The maximum Gasteiger partial charge on any atom is 0.391 e. The van der Waals surface area contributed by atoms with Gasteiger partial charge in [-0.3, -0.25) is 9.78 Å². The van der Waals surface area contributed by atoms with Crippen molar-refractivity contribution in [3.63, 3.8) is 0 Å². The first-order valence-electron chi connectivity index (χ1n) is 6.92. The number of amides is 1. The summed E-state index contributed by atoms with van der Waals surface area (Å²) in [6.07, 6.45) is -1.58. The van der Waals surface area contributed by atoms with Crippen molar-refractivity contribution in [1.29, 1.82) is 0 Å². The molecule has 2 rings (SSSR count). The molecule has 0 spiro atoms. The zero-order valence-electron chi connectivity index (χ0n) is 11.9. The number of pyridine rings is 1. The van der Waals surface area contributed by atoms with Gasteiger partial charge in [0.05, 0.1) is 11.6 Å². The van der Waals surface area contributed by atoms with Crippen molar-refractivity contribution in [2.75, 3.05) is 0 Å². The fourth-order valence-electron chi connectivity index (χ4n) is 2.62. The minimum absolute atomic E-state index is 0. The van der Waals surface area contributed by atoms with Crippen LogP contribution in [0.5, 0.6) is 0 Å². The molecule has 4 nitrogen and oxygen atoms in total. The molecule has 0 saturated heterocycles. The number of hydrogen-bond donors (Lipinski definition) is 2. The number of carbonyl (C=O) groups is 1. The number of alkyl halides is 3. The highest BCUT2D eigenvalue weighted by Gasteiger charge is 2.42. The van der Waals surface area contributed by atoms with Crippen LogP contribution in [0.4, 0.5) is 13.2 Å². The van der Waals surface area contributed by atoms with Gasteiger partial charge < -0.3 is 11.1 Å². The summed E-state index contributed by atoms with van der Waals surface area (Å²) in [4.78, 5) is 16.1. The number of aromatic nitrogens is 1. The summed E-state index contributed by atoms with van der Waals surface area (Å²) in [6, 6.07) is 2.64. The molecule has 1 heterocycles. The SMILES string of the molecule is Cl.NCc1cc(C(=O)NC2CCCC(C(F)(F)F)C2)ccn1. The van der Waals surface area contributed by atoms with Crippen molar-refractivity contribution < 1.29 is 18.0 Å². The van der Waals surface area contributed by atoms with Gasteiger partial charge in [0, 0.05) is 24.3 Å². The normalized spacial score (nSPS) is 21.8. The smallest absolute Gasteiger partial charge is 0.349 e. The molecular weight excluding hydrogens is 319 g/mol. The first-order valence-corrected chi connectivity index (χ1v) is 6.92. The second-order valence-electron chi connectivity index (χ2n) is 5.32. The predicted octanol–water partition coefficient (Wildman–Crippen LogP) is 2.81. The van der Waals surface area contributed by atoms with Crippen molar-refractivity contribution in [3.05, 3.63) is 29.6 Å². The third kappa shape index (κ3) is 4.84. The first-order chi connectivity index (χ1) is 9.90. The summed E-state index contributed by atoms with van der Waals surface area (Å²) in [7, 11) is 0. The summed E-state index contributed by atoms with van der Waals surface area (Å²) in [5, 5.41) is 2.68. The van der Waals surface area contributed by atoms with Crippen molar-refractivity contribution in [2.24, 2.45) is 11.7 Å². The molecule has 0 aliphatic heterocycles. The van der Waals surface area contributed by atoms with E-state index in [1.807, 2.05) is 0 Å². The van der Waals surface area contributed by atoms with Crippen molar-refractivity contribution in [1.82, 2.24) is 10.3 Å². The van der Waals surface area contributed by atoms with Gasteiger partial charge in [0.25, 0.3) is 5.91 Å². The Kier molecular flexibility index (Phi) is 6.62. The van der Waals surface area contributed by atoms with Crippen LogP contribution in [-0.2, 0) is 6.54 Å². The highest BCUT2D eigenvalue weighted by Crippen LogP contribution is 2.37. The Bertz CT molecular complexity index is 510. The van der Waals surface area contributed by atoms with E-state index in [0.717, 1.165) is 0 Å². The van der Waals surface area contributed by atoms with Crippen LogP contribution in [0.15, 0.2) is 18.3 Å². The Morgan fingerprint density at radius 1 is 1.41 bits per heavy atom. The standard InChI is InChI=1S/C14H18F3N3O.ClH/c15-14(16,17)10-2-1-3-11(7-10)20-13(21)9-4-5-19-12(6-9)8-18;/h4-6,10-11H,1-3,7-8,18H2,(H,20,21);1H. The lowest BCUT2D eigenvalue weighted by atomic mass is 9.85. The van der Waals surface area contributed by atoms with Gasteiger partial charge in [-0.05, 0) is 31.4 Å². The molecule has 1 amide bonds. The highest BCUT2D eigenvalue weighted by atomic mass is 35.5. The lowest BCUT2D eigenvalue weighted by Crippen LogP contribution is -2.41. The summed E-state index contributed by atoms with van der Waals surface area (Å²) < 4.78 is 38.2. The molecular formula is C14H19ClF3N3O. The monoisotopic (exact) mass is 337 g/mol. The average Bonchev–Trinajstić information content (AvgIpc) is 2.46. The highest BCUT2D eigenvalue weighted by molar-refractivity contribution is 5.94. The van der Waals surface area contributed by atoms with Crippen LogP contribution >= 0.6 is 12.4 Å². The molecule has 1 aromatic heterocycles. The Morgan fingerprint density at radius 2 is 2.14 bits per heavy atom. The number of nitrogens with two attached hydrogens (primary N) is 1. The van der Waals surface area contributed by atoms with Crippen LogP contribution < -0.4 is 11.1 Å². The molecule has 124 valence electrons. The lowest BCUT2D eigenvalue weighted by molar-refractivity contribution is -0.183. The molecule has 0 aromatic carbocycles. The molecule has 3 N–H and O–H groups in total. The Labute approximate surface area is 133 Å². The number of rotatable bonds is 3. The van der Waals surface area contributed by atoms with E-state index in [2.05, 4.69) is 10.3 Å². The molecule has 0 radical (unpaired) electrons. The van der Waals surface area contributed by atoms with E-state index in [9.17, 15) is 18.0 Å². The van der Waals surface area contributed by atoms with E-state index in [0.29, 0.717) is 24.1 Å². The van der Waals surface area contributed by atoms with Gasteiger partial charge in [-0.25, -0.2) is 0 Å². The largest absolute Gasteiger partial charge is 0.391 e. The molecule has 2 unspecified atom stereocenters. The van der Waals surface area contributed by atoms with Crippen molar-refractivity contribution in [3.8, 4) is 0 Å². The van der Waals surface area contributed by atoms with Crippen LogP contribution in [0.2, 0.25) is 0 Å². The topological polar surface area (TPSA) is 68.0 Å². The number of halogens is 4. The van der Waals surface area contributed by atoms with Gasteiger partial charge in [0.15, 0.2) is 0 Å². The van der Waals surface area contributed by atoms with E-state index < -0.39 is 18.1 Å². The number of hydrogen-bond acceptors (Lipinski definition) is 3. The predicted molar refractivity (Wildman–Crippen MR) is 78.6 cm³/mol. The zero-order chi connectivity index (χ0) is 15.5. The number of nitrogens with one attached hydrogen (secondary N) is 1. The Balaban J connectivity index is 0.00000242. The molecule has 1 aromatic rings. The van der Waals surface area contributed by atoms with Crippen LogP contribution in [0.1, 0.15) is 41.7 Å². The molecule has 1 saturated carbocycles. The number of nitrogens with zero attached hydrogens (tertiary/aromatic N) is 1. The van der Waals surface area contributed by atoms with Crippen LogP contribution in [0.25, 0.3) is 0 Å². The molecule has 8 heteroatoms. The Morgan fingerprint density at radius 3 is 2.77 bits per heavy atom. The van der Waals surface area contributed by atoms with Gasteiger partial charge in [-0.2, -0.15) is 13.2 Å².